The first-order valence-electron chi connectivity index (χ1n) is 4.56. The third-order valence-corrected chi connectivity index (χ3v) is 2.48. The van der Waals surface area contributed by atoms with E-state index in [9.17, 15) is 23.1 Å². The van der Waals surface area contributed by atoms with E-state index in [0.717, 1.165) is 12.1 Å². The van der Waals surface area contributed by atoms with E-state index in [1.165, 1.54) is 18.3 Å². The quantitative estimate of drug-likeness (QED) is 0.211. The van der Waals surface area contributed by atoms with Crippen molar-refractivity contribution in [3.05, 3.63) is 40.6 Å². The molecule has 0 atom stereocenters. The molecule has 0 radical (unpaired) electrons. The maximum absolute atomic E-state index is 10.8. The first kappa shape index (κ1) is 16.4. The van der Waals surface area contributed by atoms with Gasteiger partial charge < -0.3 is 8.74 Å². The van der Waals surface area contributed by atoms with Crippen molar-refractivity contribution in [3.8, 4) is 5.75 Å². The van der Waals surface area contributed by atoms with E-state index in [4.69, 9.17) is 0 Å². The molecular weight excluding hydrogens is 303 g/mol. The Labute approximate surface area is 150 Å². The molecule has 0 fully saturated rings. The maximum Gasteiger partial charge on any atom is 1.00 e. The summed E-state index contributed by atoms with van der Waals surface area (Å²) < 4.78 is 35.8. The molecule has 2 rings (SSSR count). The fraction of sp³-hybridized carbons (Fsp3) is 0. The molecule has 94 valence electrons. The van der Waals surface area contributed by atoms with Crippen LogP contribution in [0, 0.1) is 10.1 Å². The largest absolute Gasteiger partial charge is 1.00 e. The van der Waals surface area contributed by atoms with Crippen molar-refractivity contribution in [1.29, 1.82) is 0 Å². The van der Waals surface area contributed by atoms with Gasteiger partial charge in [-0.15, -0.1) is 0 Å². The molecule has 10 heteroatoms. The van der Waals surface area contributed by atoms with Crippen molar-refractivity contribution in [3.63, 3.8) is 0 Å². The number of pyridine rings is 1. The average molecular weight is 308 g/mol. The van der Waals surface area contributed by atoms with Gasteiger partial charge in [0, 0.05) is 12.3 Å². The van der Waals surface area contributed by atoms with Crippen molar-refractivity contribution in [2.24, 2.45) is 0 Å². The Balaban J connectivity index is 0.00000180. The monoisotopic (exact) mass is 308 g/mol. The Hall–Kier alpha value is -0.624. The van der Waals surface area contributed by atoms with Crippen LogP contribution in [0.15, 0.2) is 30.5 Å². The van der Waals surface area contributed by atoms with Crippen LogP contribution in [0.5, 0.6) is 5.75 Å². The van der Waals surface area contributed by atoms with Gasteiger partial charge in [-0.25, -0.2) is 8.42 Å². The van der Waals surface area contributed by atoms with Crippen molar-refractivity contribution in [2.45, 2.75) is 0 Å². The fourth-order valence-corrected chi connectivity index (χ4v) is 1.82. The molecule has 0 unspecified atom stereocenters. The molecule has 0 aliphatic heterocycles. The minimum Gasteiger partial charge on any atom is -0.716 e. The molecule has 0 N–H and O–H groups in total. The number of rotatable bonds is 3. The summed E-state index contributed by atoms with van der Waals surface area (Å²) in [5, 5.41) is 10.9. The Kier molecular flexibility index (Phi) is 5.38. The molecule has 0 amide bonds. The predicted octanol–water partition coefficient (Wildman–Crippen LogP) is -2.01. The Morgan fingerprint density at radius 1 is 1.26 bits per heavy atom. The number of benzene rings is 1. The summed E-state index contributed by atoms with van der Waals surface area (Å²) in [5.41, 5.74) is -0.320. The van der Waals surface area contributed by atoms with Crippen LogP contribution in [0.1, 0.15) is 0 Å². The number of fused-ring (bicyclic) bond motifs is 1. The summed E-state index contributed by atoms with van der Waals surface area (Å²) in [6.45, 7) is 0. The zero-order valence-electron chi connectivity index (χ0n) is 9.64. The standard InChI is InChI=1S/C9H6N2O6S.K/c12-11(13)7-3-4-8(17-18(14,15)16)9-6(7)2-1-5-10-9;/h1-5H,(H,14,15,16);/q;+1/p-1. The van der Waals surface area contributed by atoms with Gasteiger partial charge in [-0.2, -0.15) is 0 Å². The van der Waals surface area contributed by atoms with Crippen molar-refractivity contribution >= 4 is 27.0 Å². The van der Waals surface area contributed by atoms with Gasteiger partial charge in [0.2, 0.25) is 0 Å². The number of hydrogen-bond donors (Lipinski definition) is 0. The topological polar surface area (TPSA) is 122 Å². The molecule has 0 saturated carbocycles. The minimum atomic E-state index is -4.96. The first-order chi connectivity index (χ1) is 8.38. The Morgan fingerprint density at radius 2 is 1.95 bits per heavy atom. The normalized spacial score (nSPS) is 10.8. The molecule has 1 heterocycles. The van der Waals surface area contributed by atoms with Crippen LogP contribution in [-0.2, 0) is 10.4 Å². The molecule has 0 saturated heterocycles. The third kappa shape index (κ3) is 3.92. The van der Waals surface area contributed by atoms with Gasteiger partial charge in [0.05, 0.1) is 10.3 Å². The second-order valence-electron chi connectivity index (χ2n) is 3.23. The summed E-state index contributed by atoms with van der Waals surface area (Å²) in [5.74, 6) is -0.341. The minimum absolute atomic E-state index is 0. The van der Waals surface area contributed by atoms with Crippen molar-refractivity contribution < 1.29 is 73.5 Å². The molecule has 0 bridgehead atoms. The van der Waals surface area contributed by atoms with Crippen LogP contribution in [0.2, 0.25) is 0 Å². The number of nitro benzene ring substituents is 1. The van der Waals surface area contributed by atoms with Gasteiger partial charge in [0.1, 0.15) is 5.52 Å². The predicted molar refractivity (Wildman–Crippen MR) is 58.7 cm³/mol. The summed E-state index contributed by atoms with van der Waals surface area (Å²) in [7, 11) is -4.96. The number of hydrogen-bond acceptors (Lipinski definition) is 7. The number of nitro groups is 1. The molecule has 2 aromatic rings. The van der Waals surface area contributed by atoms with E-state index in [1.807, 2.05) is 0 Å². The second-order valence-corrected chi connectivity index (χ2v) is 4.21. The van der Waals surface area contributed by atoms with Crippen molar-refractivity contribution in [1.82, 2.24) is 4.98 Å². The second kappa shape index (κ2) is 6.22. The summed E-state index contributed by atoms with van der Waals surface area (Å²) in [6, 6.07) is 4.89. The van der Waals surface area contributed by atoms with E-state index in [0.29, 0.717) is 0 Å². The summed E-state index contributed by atoms with van der Waals surface area (Å²) in [4.78, 5) is 13.9. The molecule has 1 aromatic heterocycles. The number of non-ortho nitro benzene ring substituents is 1. The summed E-state index contributed by atoms with van der Waals surface area (Å²) >= 11 is 0. The number of aromatic nitrogens is 1. The Bertz CT molecular complexity index is 733. The van der Waals surface area contributed by atoms with Crippen LogP contribution in [0.25, 0.3) is 10.9 Å². The van der Waals surface area contributed by atoms with Gasteiger partial charge in [0.15, 0.2) is 5.75 Å². The smallest absolute Gasteiger partial charge is 0.716 e. The van der Waals surface area contributed by atoms with E-state index in [1.54, 1.807) is 0 Å². The van der Waals surface area contributed by atoms with Crippen LogP contribution in [0.3, 0.4) is 0 Å². The molecular formula is C9H5KN2O6S. The van der Waals surface area contributed by atoms with E-state index < -0.39 is 15.3 Å². The van der Waals surface area contributed by atoms with Crippen LogP contribution < -0.4 is 55.6 Å². The molecule has 19 heavy (non-hydrogen) atoms. The van der Waals surface area contributed by atoms with Gasteiger partial charge in [0.25, 0.3) is 16.1 Å². The van der Waals surface area contributed by atoms with E-state index in [2.05, 4.69) is 9.17 Å². The molecule has 1 aromatic carbocycles. The van der Waals surface area contributed by atoms with Gasteiger partial charge in [-0.1, -0.05) is 0 Å². The Morgan fingerprint density at radius 3 is 2.53 bits per heavy atom. The molecule has 8 nitrogen and oxygen atoms in total. The van der Waals surface area contributed by atoms with Crippen molar-refractivity contribution in [2.75, 3.05) is 0 Å². The van der Waals surface area contributed by atoms with Gasteiger partial charge >= 0.3 is 51.4 Å². The van der Waals surface area contributed by atoms with Gasteiger partial charge in [-0.05, 0) is 18.2 Å². The zero-order valence-corrected chi connectivity index (χ0v) is 13.6. The summed E-state index contributed by atoms with van der Waals surface area (Å²) in [6.07, 6.45) is 1.30. The van der Waals surface area contributed by atoms with Crippen LogP contribution in [-0.4, -0.2) is 22.9 Å². The molecule has 0 spiro atoms. The molecule has 0 aliphatic rings. The SMILES string of the molecule is O=[N+]([O-])c1ccc(OS(=O)(=O)[O-])c2ncccc12.[K+]. The van der Waals surface area contributed by atoms with E-state index in [-0.39, 0.29) is 73.7 Å². The van der Waals surface area contributed by atoms with E-state index >= 15 is 0 Å². The number of nitrogens with zero attached hydrogens (tertiary/aromatic N) is 2. The average Bonchev–Trinajstić information content (AvgIpc) is 2.27. The van der Waals surface area contributed by atoms with Crippen LogP contribution in [0.4, 0.5) is 5.69 Å². The maximum atomic E-state index is 10.8. The fourth-order valence-electron chi connectivity index (χ4n) is 1.47. The third-order valence-electron chi connectivity index (χ3n) is 2.10. The first-order valence-corrected chi connectivity index (χ1v) is 5.89. The van der Waals surface area contributed by atoms with Crippen LogP contribution >= 0.6 is 0 Å². The van der Waals surface area contributed by atoms with Gasteiger partial charge in [-0.3, -0.25) is 15.1 Å². The zero-order chi connectivity index (χ0) is 13.3. The molecule has 0 aliphatic carbocycles.